The maximum atomic E-state index is 6.20. The van der Waals surface area contributed by atoms with E-state index in [0.29, 0.717) is 0 Å². The minimum Gasteiger partial charge on any atom is -0.399 e. The Balaban J connectivity index is 2.00. The summed E-state index contributed by atoms with van der Waals surface area (Å²) in [6.45, 7) is 5.32. The van der Waals surface area contributed by atoms with E-state index in [1.165, 1.54) is 18.4 Å². The highest BCUT2D eigenvalue weighted by atomic mass is 35.5. The van der Waals surface area contributed by atoms with E-state index in [4.69, 9.17) is 17.3 Å². The average Bonchev–Trinajstić information content (AvgIpc) is 2.36. The fourth-order valence-electron chi connectivity index (χ4n) is 2.76. The van der Waals surface area contributed by atoms with Gasteiger partial charge in [-0.25, -0.2) is 0 Å². The molecule has 1 fully saturated rings. The van der Waals surface area contributed by atoms with Crippen molar-refractivity contribution in [3.8, 4) is 0 Å². The van der Waals surface area contributed by atoms with Gasteiger partial charge >= 0.3 is 0 Å². The fraction of sp³-hybridized carbons (Fsp3) is 0.600. The molecule has 1 aliphatic heterocycles. The lowest BCUT2D eigenvalue weighted by atomic mass is 10.0. The van der Waals surface area contributed by atoms with Crippen LogP contribution in [0.3, 0.4) is 0 Å². The summed E-state index contributed by atoms with van der Waals surface area (Å²) in [4.78, 5) is 4.83. The summed E-state index contributed by atoms with van der Waals surface area (Å²) >= 11 is 6.20. The molecule has 1 aliphatic rings. The third kappa shape index (κ3) is 3.62. The first-order valence-corrected chi connectivity index (χ1v) is 7.28. The zero-order valence-electron chi connectivity index (χ0n) is 12.1. The van der Waals surface area contributed by atoms with E-state index >= 15 is 0 Å². The highest BCUT2D eigenvalue weighted by Crippen LogP contribution is 2.25. The van der Waals surface area contributed by atoms with E-state index in [2.05, 4.69) is 36.9 Å². The van der Waals surface area contributed by atoms with Crippen molar-refractivity contribution in [1.29, 1.82) is 0 Å². The molecule has 0 amide bonds. The number of halogens is 1. The molecule has 1 heterocycles. The number of hydrogen-bond donors (Lipinski definition) is 1. The second-order valence-electron chi connectivity index (χ2n) is 5.76. The maximum absolute atomic E-state index is 6.20. The third-order valence-electron chi connectivity index (χ3n) is 4.16. The Hall–Kier alpha value is -0.770. The predicted molar refractivity (Wildman–Crippen MR) is 82.6 cm³/mol. The lowest BCUT2D eigenvalue weighted by Crippen LogP contribution is -2.41. The van der Waals surface area contributed by atoms with Gasteiger partial charge in [0.2, 0.25) is 0 Å². The number of piperidine rings is 1. The molecule has 4 heteroatoms. The van der Waals surface area contributed by atoms with Gasteiger partial charge < -0.3 is 10.6 Å². The van der Waals surface area contributed by atoms with Crippen molar-refractivity contribution in [1.82, 2.24) is 9.80 Å². The van der Waals surface area contributed by atoms with Crippen molar-refractivity contribution in [2.45, 2.75) is 32.4 Å². The van der Waals surface area contributed by atoms with E-state index < -0.39 is 0 Å². The van der Waals surface area contributed by atoms with Crippen LogP contribution < -0.4 is 5.73 Å². The van der Waals surface area contributed by atoms with E-state index in [1.54, 1.807) is 0 Å². The molecule has 0 saturated carbocycles. The van der Waals surface area contributed by atoms with Crippen LogP contribution in [0.1, 0.15) is 24.0 Å². The second kappa shape index (κ2) is 6.12. The monoisotopic (exact) mass is 281 g/mol. The quantitative estimate of drug-likeness (QED) is 0.865. The van der Waals surface area contributed by atoms with Crippen LogP contribution >= 0.6 is 11.6 Å². The van der Waals surface area contributed by atoms with Gasteiger partial charge in [0.15, 0.2) is 0 Å². The normalized spacial score (nSPS) is 18.2. The fourth-order valence-corrected chi connectivity index (χ4v) is 3.01. The van der Waals surface area contributed by atoms with E-state index in [0.717, 1.165) is 41.9 Å². The summed E-state index contributed by atoms with van der Waals surface area (Å²) in [5, 5.41) is 0.776. The largest absolute Gasteiger partial charge is 0.399 e. The zero-order chi connectivity index (χ0) is 14.0. The van der Waals surface area contributed by atoms with Gasteiger partial charge in [0.25, 0.3) is 0 Å². The van der Waals surface area contributed by atoms with Crippen LogP contribution in [0.4, 0.5) is 5.69 Å². The first-order valence-electron chi connectivity index (χ1n) is 6.90. The van der Waals surface area contributed by atoms with Gasteiger partial charge in [-0.15, -0.1) is 0 Å². The van der Waals surface area contributed by atoms with Gasteiger partial charge in [-0.05, 0) is 70.2 Å². The Morgan fingerprint density at radius 1 is 1.32 bits per heavy atom. The van der Waals surface area contributed by atoms with Gasteiger partial charge in [-0.2, -0.15) is 0 Å². The van der Waals surface area contributed by atoms with Crippen molar-refractivity contribution >= 4 is 17.3 Å². The van der Waals surface area contributed by atoms with Crippen molar-refractivity contribution in [2.24, 2.45) is 0 Å². The molecule has 0 aromatic heterocycles. The standard InChI is InChI=1S/C15H24ClN3/c1-11-12(8-13(17)9-15(11)16)10-19-6-4-14(5-7-19)18(2)3/h8-9,14H,4-7,10,17H2,1-3H3. The summed E-state index contributed by atoms with van der Waals surface area (Å²) in [5.41, 5.74) is 9.06. The second-order valence-corrected chi connectivity index (χ2v) is 6.16. The van der Waals surface area contributed by atoms with Gasteiger partial charge in [0.1, 0.15) is 0 Å². The summed E-state index contributed by atoms with van der Waals surface area (Å²) in [6.07, 6.45) is 2.48. The van der Waals surface area contributed by atoms with Crippen molar-refractivity contribution < 1.29 is 0 Å². The molecule has 19 heavy (non-hydrogen) atoms. The van der Waals surface area contributed by atoms with Crippen LogP contribution in [0, 0.1) is 6.92 Å². The molecule has 1 aromatic carbocycles. The summed E-state index contributed by atoms with van der Waals surface area (Å²) < 4.78 is 0. The predicted octanol–water partition coefficient (Wildman–Crippen LogP) is 2.76. The van der Waals surface area contributed by atoms with Crippen LogP contribution in [0.2, 0.25) is 5.02 Å². The highest BCUT2D eigenvalue weighted by Gasteiger charge is 2.21. The van der Waals surface area contributed by atoms with Crippen LogP contribution in [0.5, 0.6) is 0 Å². The first-order chi connectivity index (χ1) is 8.97. The summed E-state index contributed by atoms with van der Waals surface area (Å²) in [7, 11) is 4.34. The molecule has 2 N–H and O–H groups in total. The topological polar surface area (TPSA) is 32.5 Å². The molecule has 0 bridgehead atoms. The van der Waals surface area contributed by atoms with E-state index in [9.17, 15) is 0 Å². The lowest BCUT2D eigenvalue weighted by Gasteiger charge is -2.35. The van der Waals surface area contributed by atoms with Crippen molar-refractivity contribution in [3.05, 3.63) is 28.3 Å². The van der Waals surface area contributed by atoms with Crippen LogP contribution in [-0.4, -0.2) is 43.0 Å². The van der Waals surface area contributed by atoms with Gasteiger partial charge in [0.05, 0.1) is 0 Å². The number of anilines is 1. The molecule has 1 aromatic rings. The molecule has 0 aliphatic carbocycles. The van der Waals surface area contributed by atoms with Gasteiger partial charge in [0, 0.05) is 23.3 Å². The molecule has 3 nitrogen and oxygen atoms in total. The Morgan fingerprint density at radius 3 is 2.53 bits per heavy atom. The third-order valence-corrected chi connectivity index (χ3v) is 4.55. The van der Waals surface area contributed by atoms with Crippen LogP contribution in [0.15, 0.2) is 12.1 Å². The molecule has 0 spiro atoms. The van der Waals surface area contributed by atoms with Crippen molar-refractivity contribution in [3.63, 3.8) is 0 Å². The lowest BCUT2D eigenvalue weighted by molar-refractivity contribution is 0.140. The van der Waals surface area contributed by atoms with Gasteiger partial charge in [-0.1, -0.05) is 11.6 Å². The number of benzene rings is 1. The Bertz CT molecular complexity index is 437. The molecule has 0 unspecified atom stereocenters. The number of rotatable bonds is 3. The molecular weight excluding hydrogens is 258 g/mol. The number of nitrogen functional groups attached to an aromatic ring is 1. The Labute approximate surface area is 121 Å². The minimum absolute atomic E-state index is 0.724. The first kappa shape index (κ1) is 14.6. The van der Waals surface area contributed by atoms with Gasteiger partial charge in [-0.3, -0.25) is 4.90 Å². The highest BCUT2D eigenvalue weighted by molar-refractivity contribution is 6.31. The SMILES string of the molecule is Cc1c(Cl)cc(N)cc1CN1CCC(N(C)C)CC1. The molecule has 2 rings (SSSR count). The summed E-state index contributed by atoms with van der Waals surface area (Å²) in [6, 6.07) is 4.61. The molecule has 1 saturated heterocycles. The number of nitrogens with zero attached hydrogens (tertiary/aromatic N) is 2. The van der Waals surface area contributed by atoms with E-state index in [-0.39, 0.29) is 0 Å². The maximum Gasteiger partial charge on any atom is 0.0458 e. The number of likely N-dealkylation sites (tertiary alicyclic amines) is 1. The van der Waals surface area contributed by atoms with E-state index in [1.807, 2.05) is 6.07 Å². The summed E-state index contributed by atoms with van der Waals surface area (Å²) in [5.74, 6) is 0. The number of hydrogen-bond acceptors (Lipinski definition) is 3. The van der Waals surface area contributed by atoms with Crippen molar-refractivity contribution in [2.75, 3.05) is 32.9 Å². The number of nitrogens with two attached hydrogens (primary N) is 1. The Morgan fingerprint density at radius 2 is 1.95 bits per heavy atom. The Kier molecular flexibility index (Phi) is 4.71. The van der Waals surface area contributed by atoms with Crippen LogP contribution in [-0.2, 0) is 6.54 Å². The molecular formula is C15H24ClN3. The molecule has 0 atom stereocenters. The van der Waals surface area contributed by atoms with Crippen LogP contribution in [0.25, 0.3) is 0 Å². The molecule has 106 valence electrons. The zero-order valence-corrected chi connectivity index (χ0v) is 12.9. The molecule has 0 radical (unpaired) electrons. The average molecular weight is 282 g/mol. The minimum atomic E-state index is 0.724. The smallest absolute Gasteiger partial charge is 0.0458 e.